The molecule has 1 aromatic carbocycles. The first kappa shape index (κ1) is 16.6. The highest BCUT2D eigenvalue weighted by molar-refractivity contribution is 5.22. The number of aromatic nitrogens is 1. The van der Waals surface area contributed by atoms with Crippen LogP contribution in [-0.4, -0.2) is 40.8 Å². The van der Waals surface area contributed by atoms with Crippen LogP contribution in [0.3, 0.4) is 0 Å². The molecule has 2 bridgehead atoms. The second-order valence-corrected chi connectivity index (χ2v) is 7.52. The fourth-order valence-corrected chi connectivity index (χ4v) is 4.91. The largest absolute Gasteiger partial charge is 0.481 e. The Morgan fingerprint density at radius 1 is 1.16 bits per heavy atom. The van der Waals surface area contributed by atoms with E-state index in [1.807, 2.05) is 12.3 Å². The molecule has 0 radical (unpaired) electrons. The van der Waals surface area contributed by atoms with Crippen molar-refractivity contribution in [3.63, 3.8) is 0 Å². The quantitative estimate of drug-likeness (QED) is 0.879. The Morgan fingerprint density at radius 2 is 2.00 bits per heavy atom. The van der Waals surface area contributed by atoms with Crippen LogP contribution >= 0.6 is 0 Å². The molecule has 132 valence electrons. The number of pyridine rings is 1. The van der Waals surface area contributed by atoms with Crippen molar-refractivity contribution in [2.45, 2.75) is 44.3 Å². The van der Waals surface area contributed by atoms with Crippen LogP contribution in [0.1, 0.15) is 30.4 Å². The fraction of sp³-hybridized carbons (Fsp3) is 0.476. The van der Waals surface area contributed by atoms with Crippen molar-refractivity contribution in [1.29, 1.82) is 0 Å². The molecule has 25 heavy (non-hydrogen) atoms. The Hall–Kier alpha value is -1.91. The first-order valence-corrected chi connectivity index (χ1v) is 9.13. The van der Waals surface area contributed by atoms with Gasteiger partial charge in [0.2, 0.25) is 5.88 Å². The number of ether oxygens (including phenoxy) is 1. The predicted octanol–water partition coefficient (Wildman–Crippen LogP) is 3.05. The van der Waals surface area contributed by atoms with E-state index in [0.717, 1.165) is 19.4 Å². The van der Waals surface area contributed by atoms with Crippen molar-refractivity contribution in [3.8, 4) is 5.88 Å². The highest BCUT2D eigenvalue weighted by Gasteiger charge is 2.55. The maximum absolute atomic E-state index is 10.3. The fourth-order valence-electron chi connectivity index (χ4n) is 4.91. The summed E-state index contributed by atoms with van der Waals surface area (Å²) in [4.78, 5) is 6.94. The second-order valence-electron chi connectivity index (χ2n) is 7.52. The van der Waals surface area contributed by atoms with Gasteiger partial charge in [-0.1, -0.05) is 36.4 Å². The van der Waals surface area contributed by atoms with E-state index in [9.17, 15) is 5.11 Å². The number of fused-ring (bicyclic) bond motifs is 2. The molecule has 3 heterocycles. The van der Waals surface area contributed by atoms with Gasteiger partial charge in [0.15, 0.2) is 0 Å². The molecule has 4 rings (SSSR count). The Balaban J connectivity index is 1.53. The number of aliphatic hydroxyl groups is 1. The third-order valence-electron chi connectivity index (χ3n) is 6.08. The molecule has 0 spiro atoms. The van der Waals surface area contributed by atoms with Crippen molar-refractivity contribution < 1.29 is 9.84 Å². The van der Waals surface area contributed by atoms with Gasteiger partial charge < -0.3 is 9.84 Å². The third-order valence-corrected chi connectivity index (χ3v) is 6.08. The zero-order valence-electron chi connectivity index (χ0n) is 14.8. The molecule has 4 nitrogen and oxygen atoms in total. The van der Waals surface area contributed by atoms with Crippen LogP contribution in [-0.2, 0) is 13.0 Å². The van der Waals surface area contributed by atoms with Crippen molar-refractivity contribution in [3.05, 3.63) is 59.8 Å². The van der Waals surface area contributed by atoms with Gasteiger partial charge in [-0.2, -0.15) is 0 Å². The van der Waals surface area contributed by atoms with E-state index in [-0.39, 0.29) is 12.0 Å². The third kappa shape index (κ3) is 3.05. The van der Waals surface area contributed by atoms with E-state index in [1.165, 1.54) is 24.0 Å². The lowest BCUT2D eigenvalue weighted by molar-refractivity contribution is 0.0750. The lowest BCUT2D eigenvalue weighted by Crippen LogP contribution is -2.41. The molecule has 0 unspecified atom stereocenters. The minimum absolute atomic E-state index is 0.00975. The summed E-state index contributed by atoms with van der Waals surface area (Å²) in [6.07, 6.45) is 6.39. The zero-order valence-corrected chi connectivity index (χ0v) is 14.8. The van der Waals surface area contributed by atoms with Crippen LogP contribution in [0.4, 0.5) is 0 Å². The van der Waals surface area contributed by atoms with Gasteiger partial charge in [-0.15, -0.1) is 0 Å². The molecular formula is C21H26N2O2. The summed E-state index contributed by atoms with van der Waals surface area (Å²) >= 11 is 0. The minimum Gasteiger partial charge on any atom is -0.481 e. The van der Waals surface area contributed by atoms with Crippen LogP contribution < -0.4 is 4.74 Å². The first-order chi connectivity index (χ1) is 12.2. The topological polar surface area (TPSA) is 45.6 Å². The van der Waals surface area contributed by atoms with E-state index in [0.29, 0.717) is 18.0 Å². The number of aliphatic hydroxyl groups excluding tert-OH is 1. The highest BCUT2D eigenvalue weighted by atomic mass is 16.5. The summed E-state index contributed by atoms with van der Waals surface area (Å²) in [7, 11) is 1.64. The first-order valence-electron chi connectivity index (χ1n) is 9.13. The summed E-state index contributed by atoms with van der Waals surface area (Å²) < 4.78 is 5.15. The molecule has 3 atom stereocenters. The highest BCUT2D eigenvalue weighted by Crippen LogP contribution is 2.51. The summed E-state index contributed by atoms with van der Waals surface area (Å²) in [6.45, 7) is 1.17. The van der Waals surface area contributed by atoms with Gasteiger partial charge in [0.1, 0.15) is 0 Å². The van der Waals surface area contributed by atoms with Gasteiger partial charge >= 0.3 is 0 Å². The molecule has 2 saturated heterocycles. The van der Waals surface area contributed by atoms with E-state index in [1.54, 1.807) is 7.11 Å². The molecule has 2 fully saturated rings. The molecule has 2 aliphatic heterocycles. The molecule has 1 aromatic heterocycles. The summed E-state index contributed by atoms with van der Waals surface area (Å²) in [5.74, 6) is 0.655. The van der Waals surface area contributed by atoms with E-state index >= 15 is 0 Å². The molecule has 0 saturated carbocycles. The molecule has 2 aromatic rings. The normalized spacial score (nSPS) is 28.4. The van der Waals surface area contributed by atoms with E-state index in [4.69, 9.17) is 4.74 Å². The maximum atomic E-state index is 10.3. The summed E-state index contributed by atoms with van der Waals surface area (Å²) in [5.41, 5.74) is 2.53. The number of rotatable bonds is 6. The average molecular weight is 338 g/mol. The molecule has 1 N–H and O–H groups in total. The standard InChI is InChI=1S/C21H26N2O2/c1-25-20-10-7-17(13-22-20)14-23-18-8-9-19(23)21(12-18,15-24)11-16-5-3-2-4-6-16/h2-7,10,13,18-19,24H,8-9,11-12,14-15H2,1H3/t18-,19+,21-/m0/s1. The minimum atomic E-state index is -0.00975. The van der Waals surface area contributed by atoms with Gasteiger partial charge in [0.25, 0.3) is 0 Å². The molecular weight excluding hydrogens is 312 g/mol. The number of hydrogen-bond donors (Lipinski definition) is 1. The Bertz CT molecular complexity index is 704. The van der Waals surface area contributed by atoms with Gasteiger partial charge in [-0.25, -0.2) is 4.98 Å². The maximum Gasteiger partial charge on any atom is 0.212 e. The molecule has 0 aliphatic carbocycles. The summed E-state index contributed by atoms with van der Waals surface area (Å²) in [6, 6.07) is 15.6. The molecule has 2 aliphatic rings. The monoisotopic (exact) mass is 338 g/mol. The van der Waals surface area contributed by atoms with Crippen molar-refractivity contribution in [2.75, 3.05) is 13.7 Å². The van der Waals surface area contributed by atoms with Gasteiger partial charge in [0.05, 0.1) is 13.7 Å². The lowest BCUT2D eigenvalue weighted by Gasteiger charge is -2.36. The van der Waals surface area contributed by atoms with Crippen molar-refractivity contribution in [2.24, 2.45) is 5.41 Å². The Kier molecular flexibility index (Phi) is 4.48. The number of methoxy groups -OCH3 is 1. The summed E-state index contributed by atoms with van der Waals surface area (Å²) in [5, 5.41) is 10.3. The van der Waals surface area contributed by atoms with E-state index in [2.05, 4.69) is 46.3 Å². The Morgan fingerprint density at radius 3 is 2.68 bits per heavy atom. The second kappa shape index (κ2) is 6.77. The van der Waals surface area contributed by atoms with Crippen molar-refractivity contribution >= 4 is 0 Å². The SMILES string of the molecule is COc1ccc(CN2[C@H]3CC[C@@H]2[C@@](CO)(Cc2ccccc2)C3)cn1. The van der Waals surface area contributed by atoms with Crippen LogP contribution in [0, 0.1) is 5.41 Å². The number of benzene rings is 1. The van der Waals surface area contributed by atoms with Gasteiger partial charge in [-0.3, -0.25) is 4.90 Å². The van der Waals surface area contributed by atoms with Crippen LogP contribution in [0.25, 0.3) is 0 Å². The van der Waals surface area contributed by atoms with E-state index < -0.39 is 0 Å². The lowest BCUT2D eigenvalue weighted by atomic mass is 9.70. The molecule has 4 heteroatoms. The number of hydrogen-bond acceptors (Lipinski definition) is 4. The van der Waals surface area contributed by atoms with Crippen LogP contribution in [0.15, 0.2) is 48.7 Å². The van der Waals surface area contributed by atoms with Crippen LogP contribution in [0.5, 0.6) is 5.88 Å². The van der Waals surface area contributed by atoms with Gasteiger partial charge in [-0.05, 0) is 36.8 Å². The molecule has 0 amide bonds. The Labute approximate surface area is 149 Å². The predicted molar refractivity (Wildman–Crippen MR) is 97.4 cm³/mol. The zero-order chi connectivity index (χ0) is 17.3. The van der Waals surface area contributed by atoms with Gasteiger partial charge in [0, 0.05) is 36.3 Å². The van der Waals surface area contributed by atoms with Crippen LogP contribution in [0.2, 0.25) is 0 Å². The smallest absolute Gasteiger partial charge is 0.212 e. The average Bonchev–Trinajstić information content (AvgIpc) is 3.18. The number of nitrogens with zero attached hydrogens (tertiary/aromatic N) is 2. The van der Waals surface area contributed by atoms with Crippen molar-refractivity contribution in [1.82, 2.24) is 9.88 Å².